The molecule has 0 bridgehead atoms. The summed E-state index contributed by atoms with van der Waals surface area (Å²) in [6, 6.07) is 5.81. The molecule has 1 heterocycles. The molecule has 19 heavy (non-hydrogen) atoms. The van der Waals surface area contributed by atoms with Crippen LogP contribution in [-0.4, -0.2) is 15.9 Å². The van der Waals surface area contributed by atoms with E-state index in [1.165, 1.54) is 6.20 Å². The fourth-order valence-corrected chi connectivity index (χ4v) is 1.93. The molecule has 2 aromatic rings. The lowest BCUT2D eigenvalue weighted by Gasteiger charge is -2.09. The fourth-order valence-electron chi connectivity index (χ4n) is 1.75. The van der Waals surface area contributed by atoms with Crippen molar-refractivity contribution in [3.05, 3.63) is 52.1 Å². The predicted octanol–water partition coefficient (Wildman–Crippen LogP) is 3.31. The first-order valence-corrected chi connectivity index (χ1v) is 6.23. The highest BCUT2D eigenvalue weighted by Gasteiger charge is 2.14. The van der Waals surface area contributed by atoms with Gasteiger partial charge in [-0.15, -0.1) is 0 Å². The first-order chi connectivity index (χ1) is 8.97. The maximum absolute atomic E-state index is 12.1. The fraction of sp³-hybridized carbons (Fsp3) is 0.214. The van der Waals surface area contributed by atoms with E-state index < -0.39 is 0 Å². The van der Waals surface area contributed by atoms with Gasteiger partial charge in [0, 0.05) is 5.69 Å². The van der Waals surface area contributed by atoms with Gasteiger partial charge in [-0.05, 0) is 32.4 Å². The molecule has 0 fully saturated rings. The molecular weight excluding hydrogens is 262 g/mol. The van der Waals surface area contributed by atoms with Crippen LogP contribution in [0.2, 0.25) is 5.02 Å². The highest BCUT2D eigenvalue weighted by molar-refractivity contribution is 6.33. The second-order valence-electron chi connectivity index (χ2n) is 4.39. The molecule has 4 nitrogen and oxygen atoms in total. The summed E-state index contributed by atoms with van der Waals surface area (Å²) < 4.78 is 0. The molecule has 1 amide bonds. The van der Waals surface area contributed by atoms with Crippen molar-refractivity contribution in [3.63, 3.8) is 0 Å². The van der Waals surface area contributed by atoms with E-state index in [0.29, 0.717) is 5.82 Å². The number of hydrogen-bond acceptors (Lipinski definition) is 3. The monoisotopic (exact) mass is 275 g/mol. The lowest BCUT2D eigenvalue weighted by atomic mass is 10.1. The van der Waals surface area contributed by atoms with Crippen LogP contribution in [0.3, 0.4) is 0 Å². The molecule has 2 rings (SSSR count). The Hall–Kier alpha value is -1.94. The van der Waals surface area contributed by atoms with E-state index in [1.54, 1.807) is 6.92 Å². The summed E-state index contributed by atoms with van der Waals surface area (Å²) in [5, 5.41) is 3.05. The number of amides is 1. The average Bonchev–Trinajstić information content (AvgIpc) is 2.35. The average molecular weight is 276 g/mol. The van der Waals surface area contributed by atoms with Crippen molar-refractivity contribution < 1.29 is 4.79 Å². The summed E-state index contributed by atoms with van der Waals surface area (Å²) in [7, 11) is 0. The van der Waals surface area contributed by atoms with E-state index in [0.717, 1.165) is 16.8 Å². The van der Waals surface area contributed by atoms with Crippen molar-refractivity contribution in [1.82, 2.24) is 9.97 Å². The quantitative estimate of drug-likeness (QED) is 0.915. The number of halogens is 1. The molecule has 1 aromatic heterocycles. The van der Waals surface area contributed by atoms with E-state index in [2.05, 4.69) is 15.3 Å². The van der Waals surface area contributed by atoms with Gasteiger partial charge in [0.1, 0.15) is 5.82 Å². The zero-order chi connectivity index (χ0) is 14.0. The van der Waals surface area contributed by atoms with Gasteiger partial charge in [-0.1, -0.05) is 29.3 Å². The highest BCUT2D eigenvalue weighted by Crippen LogP contribution is 2.19. The third kappa shape index (κ3) is 3.09. The molecule has 1 aromatic carbocycles. The Morgan fingerprint density at radius 1 is 1.26 bits per heavy atom. The number of anilines is 1. The minimum atomic E-state index is -0.331. The van der Waals surface area contributed by atoms with E-state index in [1.807, 2.05) is 32.0 Å². The Kier molecular flexibility index (Phi) is 3.81. The van der Waals surface area contributed by atoms with Crippen LogP contribution >= 0.6 is 11.6 Å². The number of rotatable bonds is 2. The number of carbonyl (C=O) groups is 1. The van der Waals surface area contributed by atoms with Crippen molar-refractivity contribution in [2.24, 2.45) is 0 Å². The molecule has 0 unspecified atom stereocenters. The maximum Gasteiger partial charge on any atom is 0.275 e. The predicted molar refractivity (Wildman–Crippen MR) is 75.6 cm³/mol. The van der Waals surface area contributed by atoms with Gasteiger partial charge >= 0.3 is 0 Å². The Bertz CT molecular complexity index is 641. The number of carbonyl (C=O) groups excluding carboxylic acids is 1. The van der Waals surface area contributed by atoms with Crippen molar-refractivity contribution in [2.45, 2.75) is 20.8 Å². The van der Waals surface area contributed by atoms with Crippen LogP contribution < -0.4 is 5.32 Å². The molecule has 0 saturated carbocycles. The molecular formula is C14H14ClN3O. The summed E-state index contributed by atoms with van der Waals surface area (Å²) in [5.74, 6) is 0.178. The van der Waals surface area contributed by atoms with Crippen molar-refractivity contribution in [1.29, 1.82) is 0 Å². The zero-order valence-corrected chi connectivity index (χ0v) is 11.7. The van der Waals surface area contributed by atoms with Crippen molar-refractivity contribution in [2.75, 3.05) is 5.32 Å². The Morgan fingerprint density at radius 2 is 2.00 bits per heavy atom. The van der Waals surface area contributed by atoms with Gasteiger partial charge in [0.2, 0.25) is 0 Å². The third-order valence-corrected chi connectivity index (χ3v) is 2.99. The van der Waals surface area contributed by atoms with Gasteiger partial charge in [-0.2, -0.15) is 0 Å². The van der Waals surface area contributed by atoms with Crippen molar-refractivity contribution >= 4 is 23.2 Å². The molecule has 0 atom stereocenters. The summed E-state index contributed by atoms with van der Waals surface area (Å²) in [4.78, 5) is 20.1. The van der Waals surface area contributed by atoms with E-state index in [9.17, 15) is 4.79 Å². The smallest absolute Gasteiger partial charge is 0.275 e. The molecule has 0 aliphatic carbocycles. The maximum atomic E-state index is 12.1. The lowest BCUT2D eigenvalue weighted by Crippen LogP contribution is -2.16. The second-order valence-corrected chi connectivity index (χ2v) is 4.79. The molecule has 1 N–H and O–H groups in total. The number of nitrogens with zero attached hydrogens (tertiary/aromatic N) is 2. The van der Waals surface area contributed by atoms with Crippen LogP contribution in [0, 0.1) is 20.8 Å². The number of nitrogens with one attached hydrogen (secondary N) is 1. The molecule has 0 saturated heterocycles. The third-order valence-electron chi connectivity index (χ3n) is 2.71. The Balaban J connectivity index is 2.28. The zero-order valence-electron chi connectivity index (χ0n) is 11.0. The minimum Gasteiger partial charge on any atom is -0.320 e. The number of benzene rings is 1. The molecule has 0 spiro atoms. The topological polar surface area (TPSA) is 54.9 Å². The van der Waals surface area contributed by atoms with Crippen LogP contribution in [-0.2, 0) is 0 Å². The van der Waals surface area contributed by atoms with E-state index >= 15 is 0 Å². The molecule has 0 aliphatic heterocycles. The Morgan fingerprint density at radius 3 is 2.68 bits per heavy atom. The number of aromatic nitrogens is 2. The van der Waals surface area contributed by atoms with Gasteiger partial charge in [-0.3, -0.25) is 4.79 Å². The summed E-state index contributed by atoms with van der Waals surface area (Å²) in [5.41, 5.74) is 3.08. The van der Waals surface area contributed by atoms with Crippen molar-refractivity contribution in [3.8, 4) is 0 Å². The van der Waals surface area contributed by atoms with Gasteiger partial charge in [0.15, 0.2) is 5.69 Å². The standard InChI is InChI=1S/C14H14ClN3O/c1-8-4-5-12(9(2)6-8)18-14(19)13-11(15)7-16-10(3)17-13/h4-7H,1-3H3,(H,18,19). The molecule has 5 heteroatoms. The van der Waals surface area contributed by atoms with Crippen LogP contribution in [0.1, 0.15) is 27.4 Å². The summed E-state index contributed by atoms with van der Waals surface area (Å²) in [6.45, 7) is 5.66. The van der Waals surface area contributed by atoms with Crippen LogP contribution in [0.25, 0.3) is 0 Å². The lowest BCUT2D eigenvalue weighted by molar-refractivity contribution is 0.102. The van der Waals surface area contributed by atoms with Crippen LogP contribution in [0.4, 0.5) is 5.69 Å². The molecule has 98 valence electrons. The van der Waals surface area contributed by atoms with Crippen LogP contribution in [0.15, 0.2) is 24.4 Å². The Labute approximate surface area is 116 Å². The van der Waals surface area contributed by atoms with Crippen LogP contribution in [0.5, 0.6) is 0 Å². The van der Waals surface area contributed by atoms with Gasteiger partial charge in [-0.25, -0.2) is 9.97 Å². The first-order valence-electron chi connectivity index (χ1n) is 5.85. The van der Waals surface area contributed by atoms with E-state index in [-0.39, 0.29) is 16.6 Å². The highest BCUT2D eigenvalue weighted by atomic mass is 35.5. The normalized spacial score (nSPS) is 10.3. The molecule has 0 aliphatic rings. The minimum absolute atomic E-state index is 0.189. The number of hydrogen-bond donors (Lipinski definition) is 1. The summed E-state index contributed by atoms with van der Waals surface area (Å²) in [6.07, 6.45) is 1.43. The van der Waals surface area contributed by atoms with E-state index in [4.69, 9.17) is 11.6 Å². The second kappa shape index (κ2) is 5.36. The summed E-state index contributed by atoms with van der Waals surface area (Å²) >= 11 is 5.94. The first kappa shape index (κ1) is 13.5. The molecule has 0 radical (unpaired) electrons. The number of aryl methyl sites for hydroxylation is 3. The largest absolute Gasteiger partial charge is 0.320 e. The van der Waals surface area contributed by atoms with Gasteiger partial charge in [0.05, 0.1) is 11.2 Å². The van der Waals surface area contributed by atoms with Gasteiger partial charge in [0.25, 0.3) is 5.91 Å². The SMILES string of the molecule is Cc1ccc(NC(=O)c2nc(C)ncc2Cl)c(C)c1. The van der Waals surface area contributed by atoms with Gasteiger partial charge < -0.3 is 5.32 Å².